The van der Waals surface area contributed by atoms with Crippen LogP contribution in [0.1, 0.15) is 14.5 Å². The quantitative estimate of drug-likeness (QED) is 0.503. The van der Waals surface area contributed by atoms with Crippen molar-refractivity contribution in [3.8, 4) is 28.3 Å². The number of hydrogen-bond acceptors (Lipinski definition) is 8. The molecule has 1 fully saturated rings. The van der Waals surface area contributed by atoms with Crippen molar-refractivity contribution in [3.63, 3.8) is 0 Å². The molecule has 1 amide bonds. The van der Waals surface area contributed by atoms with Gasteiger partial charge in [0.2, 0.25) is 10.0 Å². The topological polar surface area (TPSA) is 128 Å². The normalized spacial score (nSPS) is 14.7. The van der Waals surface area contributed by atoms with E-state index in [1.165, 1.54) is 17.4 Å². The molecule has 0 spiro atoms. The summed E-state index contributed by atoms with van der Waals surface area (Å²) in [6, 6.07) is 4.71. The molecule has 0 aliphatic carbocycles. The van der Waals surface area contributed by atoms with Crippen LogP contribution in [0.25, 0.3) is 22.5 Å². The third-order valence-electron chi connectivity index (χ3n) is 4.98. The number of likely N-dealkylation sites (N-methyl/N-ethyl adjacent to an activating group) is 1. The Hall–Kier alpha value is -2.73. The highest BCUT2D eigenvalue weighted by Gasteiger charge is 2.26. The van der Waals surface area contributed by atoms with E-state index in [1.807, 2.05) is 14.0 Å². The molecule has 0 saturated carbocycles. The summed E-state index contributed by atoms with van der Waals surface area (Å²) >= 11 is 7.48. The molecule has 0 unspecified atom stereocenters. The number of nitrogens with two attached hydrogens (primary N) is 1. The van der Waals surface area contributed by atoms with Crippen LogP contribution in [0.2, 0.25) is 5.02 Å². The van der Waals surface area contributed by atoms with Gasteiger partial charge in [-0.1, -0.05) is 11.6 Å². The molecular weight excluding hydrogens is 486 g/mol. The van der Waals surface area contributed by atoms with Crippen LogP contribution >= 0.6 is 22.9 Å². The van der Waals surface area contributed by atoms with Crippen molar-refractivity contribution in [3.05, 3.63) is 45.4 Å². The number of ether oxygens (including phenoxy) is 1. The first-order valence-corrected chi connectivity index (χ1v) is 13.0. The Morgan fingerprint density at radius 2 is 1.91 bits per heavy atom. The highest BCUT2D eigenvalue weighted by Crippen LogP contribution is 2.43. The molecule has 4 rings (SSSR count). The van der Waals surface area contributed by atoms with E-state index in [9.17, 15) is 13.2 Å². The standard InChI is InChI=1S/C21H22ClN5O4S2/c1-11-17(21-24-7-15(8-25-21)31-16-9-27(2)10-16)18(19(32-11)20(23)28)12-4-13(22)6-14(5-12)26-33(3,29)30/h4-8,16,26H,9-10H2,1-3H3,(H2,23,28). The van der Waals surface area contributed by atoms with E-state index in [2.05, 4.69) is 19.6 Å². The Bertz CT molecular complexity index is 1320. The van der Waals surface area contributed by atoms with Gasteiger partial charge in [-0.2, -0.15) is 0 Å². The van der Waals surface area contributed by atoms with Crippen molar-refractivity contribution in [1.82, 2.24) is 14.9 Å². The van der Waals surface area contributed by atoms with Crippen LogP contribution in [0, 0.1) is 6.92 Å². The zero-order chi connectivity index (χ0) is 23.9. The van der Waals surface area contributed by atoms with Crippen molar-refractivity contribution in [1.29, 1.82) is 0 Å². The number of benzene rings is 1. The van der Waals surface area contributed by atoms with Crippen LogP contribution in [0.4, 0.5) is 5.69 Å². The molecule has 0 bridgehead atoms. The van der Waals surface area contributed by atoms with E-state index < -0.39 is 15.9 Å². The fraction of sp³-hybridized carbons (Fsp3) is 0.286. The monoisotopic (exact) mass is 507 g/mol. The molecule has 0 radical (unpaired) electrons. The molecule has 33 heavy (non-hydrogen) atoms. The number of rotatable bonds is 7. The molecule has 1 aromatic carbocycles. The number of halogens is 1. The van der Waals surface area contributed by atoms with Crippen molar-refractivity contribution >= 4 is 44.6 Å². The Labute approximate surface area is 200 Å². The molecule has 3 N–H and O–H groups in total. The molecule has 1 aliphatic heterocycles. The third kappa shape index (κ3) is 5.27. The summed E-state index contributed by atoms with van der Waals surface area (Å²) in [4.78, 5) is 24.4. The number of likely N-dealkylation sites (tertiary alicyclic amines) is 1. The predicted molar refractivity (Wildman–Crippen MR) is 129 cm³/mol. The summed E-state index contributed by atoms with van der Waals surface area (Å²) in [5.41, 5.74) is 7.57. The summed E-state index contributed by atoms with van der Waals surface area (Å²) in [7, 11) is -1.51. The molecule has 0 atom stereocenters. The smallest absolute Gasteiger partial charge is 0.259 e. The second-order valence-electron chi connectivity index (χ2n) is 7.91. The second-order valence-corrected chi connectivity index (χ2v) is 11.3. The van der Waals surface area contributed by atoms with Crippen LogP contribution in [-0.2, 0) is 10.0 Å². The number of carbonyl (C=O) groups excluding carboxylic acids is 1. The average Bonchev–Trinajstić information content (AvgIpc) is 3.03. The molecule has 9 nitrogen and oxygen atoms in total. The summed E-state index contributed by atoms with van der Waals surface area (Å²) in [6.07, 6.45) is 4.35. The van der Waals surface area contributed by atoms with Crippen molar-refractivity contribution < 1.29 is 17.9 Å². The van der Waals surface area contributed by atoms with Crippen molar-refractivity contribution in [2.45, 2.75) is 13.0 Å². The highest BCUT2D eigenvalue weighted by molar-refractivity contribution is 7.92. The molecule has 3 aromatic rings. The van der Waals surface area contributed by atoms with Gasteiger partial charge in [0.15, 0.2) is 11.6 Å². The summed E-state index contributed by atoms with van der Waals surface area (Å²) in [6.45, 7) is 3.53. The van der Waals surface area contributed by atoms with Gasteiger partial charge in [0.25, 0.3) is 5.91 Å². The van der Waals surface area contributed by atoms with Gasteiger partial charge < -0.3 is 10.5 Å². The van der Waals surface area contributed by atoms with E-state index in [0.717, 1.165) is 24.2 Å². The van der Waals surface area contributed by atoms with E-state index >= 15 is 0 Å². The van der Waals surface area contributed by atoms with Crippen LogP contribution in [0.5, 0.6) is 5.75 Å². The first-order chi connectivity index (χ1) is 15.5. The van der Waals surface area contributed by atoms with Crippen LogP contribution < -0.4 is 15.2 Å². The molecule has 174 valence electrons. The van der Waals surface area contributed by atoms with E-state index in [1.54, 1.807) is 24.5 Å². The van der Waals surface area contributed by atoms with Gasteiger partial charge in [-0.05, 0) is 37.7 Å². The average molecular weight is 508 g/mol. The van der Waals surface area contributed by atoms with E-state index in [0.29, 0.717) is 38.2 Å². The number of primary amides is 1. The number of aromatic nitrogens is 2. The Morgan fingerprint density at radius 3 is 2.48 bits per heavy atom. The minimum atomic E-state index is -3.53. The van der Waals surface area contributed by atoms with Crippen molar-refractivity contribution in [2.24, 2.45) is 5.73 Å². The fourth-order valence-electron chi connectivity index (χ4n) is 3.68. The minimum absolute atomic E-state index is 0.108. The zero-order valence-electron chi connectivity index (χ0n) is 18.1. The number of aryl methyl sites for hydroxylation is 1. The molecule has 3 heterocycles. The number of nitrogens with one attached hydrogen (secondary N) is 1. The van der Waals surface area contributed by atoms with E-state index in [-0.39, 0.29) is 11.8 Å². The number of amides is 1. The maximum atomic E-state index is 12.3. The van der Waals surface area contributed by atoms with Gasteiger partial charge in [-0.25, -0.2) is 18.4 Å². The van der Waals surface area contributed by atoms with Gasteiger partial charge in [0.1, 0.15) is 11.0 Å². The summed E-state index contributed by atoms with van der Waals surface area (Å²) < 4.78 is 31.7. The number of anilines is 1. The largest absolute Gasteiger partial charge is 0.485 e. The van der Waals surface area contributed by atoms with Crippen LogP contribution in [0.3, 0.4) is 0 Å². The number of nitrogens with zero attached hydrogens (tertiary/aromatic N) is 3. The highest BCUT2D eigenvalue weighted by atomic mass is 35.5. The maximum Gasteiger partial charge on any atom is 0.259 e. The summed E-state index contributed by atoms with van der Waals surface area (Å²) in [5, 5.41) is 0.291. The van der Waals surface area contributed by atoms with Gasteiger partial charge >= 0.3 is 0 Å². The predicted octanol–water partition coefficient (Wildman–Crippen LogP) is 3.00. The fourth-order valence-corrected chi connectivity index (χ4v) is 5.49. The second kappa shape index (κ2) is 8.90. The lowest BCUT2D eigenvalue weighted by atomic mass is 9.98. The lowest BCUT2D eigenvalue weighted by Gasteiger charge is -2.35. The maximum absolute atomic E-state index is 12.3. The number of carbonyl (C=O) groups is 1. The van der Waals surface area contributed by atoms with Gasteiger partial charge in [0.05, 0.1) is 24.3 Å². The SMILES string of the molecule is Cc1sc(C(N)=O)c(-c2cc(Cl)cc(NS(C)(=O)=O)c2)c1-c1ncc(OC2CN(C)C2)cn1. The molecular formula is C21H22ClN5O4S2. The Balaban J connectivity index is 1.78. The van der Waals surface area contributed by atoms with Gasteiger partial charge in [-0.15, -0.1) is 11.3 Å². The molecule has 1 saturated heterocycles. The number of hydrogen-bond donors (Lipinski definition) is 2. The first kappa shape index (κ1) is 23.4. The van der Waals surface area contributed by atoms with Gasteiger partial charge in [-0.3, -0.25) is 14.4 Å². The lowest BCUT2D eigenvalue weighted by Crippen LogP contribution is -2.51. The van der Waals surface area contributed by atoms with Crippen molar-refractivity contribution in [2.75, 3.05) is 31.1 Å². The van der Waals surface area contributed by atoms with Gasteiger partial charge in [0, 0.05) is 34.1 Å². The Kier molecular flexibility index (Phi) is 6.32. The van der Waals surface area contributed by atoms with E-state index in [4.69, 9.17) is 22.1 Å². The van der Waals surface area contributed by atoms with Crippen LogP contribution in [-0.4, -0.2) is 61.7 Å². The zero-order valence-corrected chi connectivity index (χ0v) is 20.5. The first-order valence-electron chi connectivity index (χ1n) is 9.89. The lowest BCUT2D eigenvalue weighted by molar-refractivity contribution is 0.0383. The third-order valence-corrected chi connectivity index (χ3v) is 6.93. The Morgan fingerprint density at radius 1 is 1.24 bits per heavy atom. The molecule has 1 aliphatic rings. The molecule has 12 heteroatoms. The molecule has 2 aromatic heterocycles. The minimum Gasteiger partial charge on any atom is -0.485 e. The number of thiophene rings is 1. The number of sulfonamides is 1. The summed E-state index contributed by atoms with van der Waals surface area (Å²) in [5.74, 6) is 0.335. The van der Waals surface area contributed by atoms with Crippen LogP contribution in [0.15, 0.2) is 30.6 Å².